The van der Waals surface area contributed by atoms with Crippen LogP contribution in [0.2, 0.25) is 0 Å². The molecule has 0 radical (unpaired) electrons. The van der Waals surface area contributed by atoms with Gasteiger partial charge in [-0.2, -0.15) is 0 Å². The number of rotatable bonds is 1. The summed E-state index contributed by atoms with van der Waals surface area (Å²) >= 11 is 0. The monoisotopic (exact) mass is 167 g/mol. The Morgan fingerprint density at radius 2 is 2.33 bits per heavy atom. The number of hydrogen-bond acceptors (Lipinski definition) is 3. The van der Waals surface area contributed by atoms with Crippen LogP contribution in [0.25, 0.3) is 0 Å². The van der Waals surface area contributed by atoms with E-state index >= 15 is 0 Å². The topological polar surface area (TPSA) is 79.5 Å². The Bertz CT molecular complexity index is 283. The summed E-state index contributed by atoms with van der Waals surface area (Å²) in [5.74, 6) is 0.373. The number of amides is 1. The van der Waals surface area contributed by atoms with Crippen molar-refractivity contribution in [2.45, 2.75) is 0 Å². The maximum Gasteiger partial charge on any atom is 0.411 e. The van der Waals surface area contributed by atoms with Crippen LogP contribution in [-0.2, 0) is 0 Å². The number of carboxylic acid groups (broad SMARTS) is 1. The molecule has 1 heterocycles. The van der Waals surface area contributed by atoms with Crippen LogP contribution in [0.1, 0.15) is 0 Å². The maximum atomic E-state index is 10.5. The highest BCUT2D eigenvalue weighted by molar-refractivity contribution is 5.85. The molecule has 0 aliphatic heterocycles. The predicted molar refractivity (Wildman–Crippen MR) is 45.1 cm³/mol. The van der Waals surface area contributed by atoms with Gasteiger partial charge in [0.25, 0.3) is 0 Å². The molecular formula is C7H9N3O2. The van der Waals surface area contributed by atoms with E-state index < -0.39 is 6.09 Å². The summed E-state index contributed by atoms with van der Waals surface area (Å²) in [6.07, 6.45) is 0.380. The van der Waals surface area contributed by atoms with Crippen molar-refractivity contribution in [3.8, 4) is 0 Å². The first kappa shape index (κ1) is 8.32. The number of aromatic nitrogens is 1. The highest BCUT2D eigenvalue weighted by Gasteiger charge is 2.07. The van der Waals surface area contributed by atoms with Crippen LogP contribution >= 0.6 is 0 Å². The minimum absolute atomic E-state index is 0.373. The summed E-state index contributed by atoms with van der Waals surface area (Å²) < 4.78 is 0. The van der Waals surface area contributed by atoms with Crippen LogP contribution in [0, 0.1) is 0 Å². The number of nitrogens with two attached hydrogens (primary N) is 1. The van der Waals surface area contributed by atoms with Crippen LogP contribution in [0.15, 0.2) is 18.3 Å². The summed E-state index contributed by atoms with van der Waals surface area (Å²) in [5, 5.41) is 8.57. The molecule has 12 heavy (non-hydrogen) atoms. The zero-order valence-corrected chi connectivity index (χ0v) is 6.56. The molecule has 0 bridgehead atoms. The number of nitrogen functional groups attached to an aromatic ring is 1. The van der Waals surface area contributed by atoms with Gasteiger partial charge in [-0.1, -0.05) is 0 Å². The van der Waals surface area contributed by atoms with E-state index in [9.17, 15) is 4.79 Å². The molecule has 64 valence electrons. The standard InChI is InChI=1S/C7H9N3O2/c1-10(7(11)12)5-2-3-6(8)9-4-5/h2-4H,1H3,(H2,8,9)(H,11,12). The molecule has 0 fully saturated rings. The van der Waals surface area contributed by atoms with Crippen molar-refractivity contribution in [2.75, 3.05) is 17.7 Å². The van der Waals surface area contributed by atoms with E-state index in [1.807, 2.05) is 0 Å². The first-order chi connectivity index (χ1) is 5.61. The van der Waals surface area contributed by atoms with Gasteiger partial charge in [0.15, 0.2) is 0 Å². The number of hydrogen-bond donors (Lipinski definition) is 2. The van der Waals surface area contributed by atoms with Crippen molar-refractivity contribution in [1.29, 1.82) is 0 Å². The van der Waals surface area contributed by atoms with E-state index in [1.165, 1.54) is 13.2 Å². The van der Waals surface area contributed by atoms with Crippen molar-refractivity contribution in [1.82, 2.24) is 4.98 Å². The highest BCUT2D eigenvalue weighted by atomic mass is 16.4. The molecule has 1 aromatic rings. The van der Waals surface area contributed by atoms with Gasteiger partial charge in [0, 0.05) is 7.05 Å². The molecule has 1 amide bonds. The van der Waals surface area contributed by atoms with Gasteiger partial charge in [-0.25, -0.2) is 9.78 Å². The molecule has 5 nitrogen and oxygen atoms in total. The van der Waals surface area contributed by atoms with Crippen molar-refractivity contribution in [2.24, 2.45) is 0 Å². The Morgan fingerprint density at radius 1 is 1.67 bits per heavy atom. The quantitative estimate of drug-likeness (QED) is 0.647. The number of carbonyl (C=O) groups is 1. The van der Waals surface area contributed by atoms with Gasteiger partial charge in [0.1, 0.15) is 5.82 Å². The Labute approximate surface area is 69.4 Å². The average molecular weight is 167 g/mol. The largest absolute Gasteiger partial charge is 0.465 e. The van der Waals surface area contributed by atoms with Gasteiger partial charge >= 0.3 is 6.09 Å². The number of nitrogens with zero attached hydrogens (tertiary/aromatic N) is 2. The van der Waals surface area contributed by atoms with E-state index in [0.717, 1.165) is 4.90 Å². The Balaban J connectivity index is 2.89. The van der Waals surface area contributed by atoms with Crippen LogP contribution in [0.4, 0.5) is 16.3 Å². The third-order valence-electron chi connectivity index (χ3n) is 1.44. The van der Waals surface area contributed by atoms with Crippen LogP contribution in [0.3, 0.4) is 0 Å². The molecule has 1 aromatic heterocycles. The summed E-state index contributed by atoms with van der Waals surface area (Å²) in [6.45, 7) is 0. The van der Waals surface area contributed by atoms with Crippen LogP contribution in [-0.4, -0.2) is 23.2 Å². The highest BCUT2D eigenvalue weighted by Crippen LogP contribution is 2.11. The molecular weight excluding hydrogens is 158 g/mol. The second-order valence-corrected chi connectivity index (χ2v) is 2.28. The minimum Gasteiger partial charge on any atom is -0.465 e. The zero-order chi connectivity index (χ0) is 9.14. The molecule has 0 aliphatic carbocycles. The van der Waals surface area contributed by atoms with E-state index in [2.05, 4.69) is 4.98 Å². The SMILES string of the molecule is CN(C(=O)O)c1ccc(N)nc1. The number of anilines is 2. The van der Waals surface area contributed by atoms with Gasteiger partial charge in [-0.05, 0) is 12.1 Å². The lowest BCUT2D eigenvalue weighted by atomic mass is 10.4. The zero-order valence-electron chi connectivity index (χ0n) is 6.56. The molecule has 0 aliphatic rings. The van der Waals surface area contributed by atoms with Crippen molar-refractivity contribution in [3.63, 3.8) is 0 Å². The normalized spacial score (nSPS) is 9.42. The molecule has 0 atom stereocenters. The maximum absolute atomic E-state index is 10.5. The van der Waals surface area contributed by atoms with E-state index in [1.54, 1.807) is 12.1 Å². The summed E-state index contributed by atoms with van der Waals surface area (Å²) in [4.78, 5) is 15.3. The third kappa shape index (κ3) is 1.63. The van der Waals surface area contributed by atoms with E-state index in [-0.39, 0.29) is 0 Å². The summed E-state index contributed by atoms with van der Waals surface area (Å²) in [7, 11) is 1.44. The predicted octanol–water partition coefficient (Wildman–Crippen LogP) is 0.778. The van der Waals surface area contributed by atoms with Gasteiger partial charge in [-0.3, -0.25) is 4.90 Å². The second kappa shape index (κ2) is 3.08. The van der Waals surface area contributed by atoms with Crippen molar-refractivity contribution >= 4 is 17.6 Å². The second-order valence-electron chi connectivity index (χ2n) is 2.28. The van der Waals surface area contributed by atoms with Crippen LogP contribution in [0.5, 0.6) is 0 Å². The fraction of sp³-hybridized carbons (Fsp3) is 0.143. The lowest BCUT2D eigenvalue weighted by Gasteiger charge is -2.11. The molecule has 0 unspecified atom stereocenters. The molecule has 5 heteroatoms. The van der Waals surface area contributed by atoms with Crippen molar-refractivity contribution < 1.29 is 9.90 Å². The molecule has 3 N–H and O–H groups in total. The van der Waals surface area contributed by atoms with Gasteiger partial charge in [0.05, 0.1) is 11.9 Å². The Kier molecular flexibility index (Phi) is 2.14. The smallest absolute Gasteiger partial charge is 0.411 e. The molecule has 0 saturated heterocycles. The fourth-order valence-corrected chi connectivity index (χ4v) is 0.706. The van der Waals surface area contributed by atoms with Gasteiger partial charge in [-0.15, -0.1) is 0 Å². The molecule has 1 rings (SSSR count). The third-order valence-corrected chi connectivity index (χ3v) is 1.44. The van der Waals surface area contributed by atoms with Crippen LogP contribution < -0.4 is 10.6 Å². The lowest BCUT2D eigenvalue weighted by Crippen LogP contribution is -2.23. The fourth-order valence-electron chi connectivity index (χ4n) is 0.706. The lowest BCUT2D eigenvalue weighted by molar-refractivity contribution is 0.203. The minimum atomic E-state index is -1.03. The summed E-state index contributed by atoms with van der Waals surface area (Å²) in [5.41, 5.74) is 5.82. The van der Waals surface area contributed by atoms with E-state index in [0.29, 0.717) is 11.5 Å². The average Bonchev–Trinajstić information content (AvgIpc) is 2.04. The van der Waals surface area contributed by atoms with Gasteiger partial charge in [0.2, 0.25) is 0 Å². The van der Waals surface area contributed by atoms with Crippen molar-refractivity contribution in [3.05, 3.63) is 18.3 Å². The molecule has 0 spiro atoms. The molecule has 0 saturated carbocycles. The Morgan fingerprint density at radius 3 is 2.75 bits per heavy atom. The molecule has 0 aromatic carbocycles. The number of pyridine rings is 1. The summed E-state index contributed by atoms with van der Waals surface area (Å²) in [6, 6.07) is 3.14. The first-order valence-corrected chi connectivity index (χ1v) is 3.29. The van der Waals surface area contributed by atoms with E-state index in [4.69, 9.17) is 10.8 Å². The van der Waals surface area contributed by atoms with Gasteiger partial charge < -0.3 is 10.8 Å². The Hall–Kier alpha value is -1.78. The first-order valence-electron chi connectivity index (χ1n) is 3.29.